The van der Waals surface area contributed by atoms with Gasteiger partial charge in [0.15, 0.2) is 5.82 Å². The van der Waals surface area contributed by atoms with E-state index in [1.807, 2.05) is 32.2 Å². The maximum Gasteiger partial charge on any atom is 0.154 e. The fourth-order valence-corrected chi connectivity index (χ4v) is 1.54. The van der Waals surface area contributed by atoms with E-state index in [-0.39, 0.29) is 5.78 Å². The minimum absolute atomic E-state index is 0.167. The molecular formula is C18H27N3O. The van der Waals surface area contributed by atoms with E-state index in [1.165, 1.54) is 13.8 Å². The van der Waals surface area contributed by atoms with Crippen molar-refractivity contribution in [1.82, 2.24) is 9.97 Å². The number of allylic oxidation sites excluding steroid dienone is 4. The molecule has 0 N–H and O–H groups in total. The second-order valence-corrected chi connectivity index (χ2v) is 5.15. The van der Waals surface area contributed by atoms with Crippen molar-refractivity contribution in [2.45, 2.75) is 41.0 Å². The first-order valence-corrected chi connectivity index (χ1v) is 7.48. The Kier molecular flexibility index (Phi) is 10.4. The van der Waals surface area contributed by atoms with Crippen molar-refractivity contribution in [2.24, 2.45) is 10.9 Å². The van der Waals surface area contributed by atoms with E-state index in [0.717, 1.165) is 23.5 Å². The third-order valence-corrected chi connectivity index (χ3v) is 2.91. The molecule has 0 amide bonds. The summed E-state index contributed by atoms with van der Waals surface area (Å²) >= 11 is 0. The summed E-state index contributed by atoms with van der Waals surface area (Å²) in [5, 5.41) is 0. The Balaban J connectivity index is 0.000000980. The average molecular weight is 301 g/mol. The zero-order valence-corrected chi connectivity index (χ0v) is 14.5. The molecule has 0 bridgehead atoms. The van der Waals surface area contributed by atoms with Gasteiger partial charge in [-0.2, -0.15) is 0 Å². The lowest BCUT2D eigenvalue weighted by molar-refractivity contribution is -0.114. The SMILES string of the molecule is CC(C)=O.CCC(C)C(/C=C\C=C(/C)c1ncccn1)=NC. The number of hydrogen-bond acceptors (Lipinski definition) is 4. The van der Waals surface area contributed by atoms with E-state index in [2.05, 4.69) is 34.9 Å². The highest BCUT2D eigenvalue weighted by atomic mass is 16.1. The Labute approximate surface area is 134 Å². The van der Waals surface area contributed by atoms with Gasteiger partial charge in [-0.1, -0.05) is 26.0 Å². The standard InChI is InChI=1S/C15H21N3.C3H6O/c1-5-12(2)14(16-4)9-6-8-13(3)15-17-10-7-11-18-15;1-3(2)4/h6-12H,5H2,1-4H3;1-2H3/b9-6-,13-8+,16-14?;. The number of carbonyl (C=O) groups is 1. The number of aliphatic imine (C=N–C) groups is 1. The average Bonchev–Trinajstić information content (AvgIpc) is 2.51. The second-order valence-electron chi connectivity index (χ2n) is 5.15. The Hall–Kier alpha value is -2.10. The van der Waals surface area contributed by atoms with Crippen LogP contribution in [-0.4, -0.2) is 28.5 Å². The zero-order chi connectivity index (χ0) is 17.0. The number of carbonyl (C=O) groups excluding carboxylic acids is 1. The van der Waals surface area contributed by atoms with Gasteiger partial charge in [-0.25, -0.2) is 9.97 Å². The third kappa shape index (κ3) is 8.95. The van der Waals surface area contributed by atoms with E-state index < -0.39 is 0 Å². The molecule has 1 aromatic rings. The molecule has 0 aliphatic carbocycles. The van der Waals surface area contributed by atoms with Crippen LogP contribution in [0.5, 0.6) is 0 Å². The summed E-state index contributed by atoms with van der Waals surface area (Å²) in [5.74, 6) is 1.42. The summed E-state index contributed by atoms with van der Waals surface area (Å²) in [5.41, 5.74) is 2.17. The first-order chi connectivity index (χ1) is 10.4. The van der Waals surface area contributed by atoms with Crippen LogP contribution >= 0.6 is 0 Å². The molecule has 1 unspecified atom stereocenters. The van der Waals surface area contributed by atoms with Gasteiger partial charge in [-0.3, -0.25) is 4.99 Å². The van der Waals surface area contributed by atoms with Gasteiger partial charge < -0.3 is 4.79 Å². The van der Waals surface area contributed by atoms with Crippen molar-refractivity contribution >= 4 is 17.1 Å². The first-order valence-electron chi connectivity index (χ1n) is 7.48. The van der Waals surface area contributed by atoms with E-state index >= 15 is 0 Å². The molecule has 0 saturated heterocycles. The molecule has 0 saturated carbocycles. The minimum atomic E-state index is 0.167. The third-order valence-electron chi connectivity index (χ3n) is 2.91. The monoisotopic (exact) mass is 301 g/mol. The molecule has 0 aromatic carbocycles. The van der Waals surface area contributed by atoms with Gasteiger partial charge in [0.1, 0.15) is 5.78 Å². The van der Waals surface area contributed by atoms with Crippen molar-refractivity contribution in [3.05, 3.63) is 42.5 Å². The quantitative estimate of drug-likeness (QED) is 0.606. The molecule has 0 radical (unpaired) electrons. The van der Waals surface area contributed by atoms with Crippen LogP contribution in [0.25, 0.3) is 5.57 Å². The molecule has 120 valence electrons. The first kappa shape index (κ1) is 19.9. The summed E-state index contributed by atoms with van der Waals surface area (Å²) in [7, 11) is 1.84. The Morgan fingerprint density at radius 3 is 2.27 bits per heavy atom. The highest BCUT2D eigenvalue weighted by Crippen LogP contribution is 2.08. The maximum atomic E-state index is 9.44. The number of nitrogens with zero attached hydrogens (tertiary/aromatic N) is 3. The molecule has 0 fully saturated rings. The molecule has 0 aliphatic rings. The highest BCUT2D eigenvalue weighted by Gasteiger charge is 2.02. The van der Waals surface area contributed by atoms with Gasteiger partial charge in [-0.15, -0.1) is 0 Å². The van der Waals surface area contributed by atoms with Gasteiger partial charge in [0.2, 0.25) is 0 Å². The van der Waals surface area contributed by atoms with Crippen molar-refractivity contribution in [1.29, 1.82) is 0 Å². The Morgan fingerprint density at radius 2 is 1.82 bits per heavy atom. The van der Waals surface area contributed by atoms with Crippen LogP contribution in [-0.2, 0) is 4.79 Å². The predicted octanol–water partition coefficient (Wildman–Crippen LogP) is 4.15. The molecule has 4 nitrogen and oxygen atoms in total. The lowest BCUT2D eigenvalue weighted by Crippen LogP contribution is -2.06. The van der Waals surface area contributed by atoms with E-state index in [9.17, 15) is 4.79 Å². The van der Waals surface area contributed by atoms with Gasteiger partial charge in [0.05, 0.1) is 0 Å². The number of ketones is 1. The van der Waals surface area contributed by atoms with Gasteiger partial charge in [0, 0.05) is 25.2 Å². The van der Waals surface area contributed by atoms with Crippen molar-refractivity contribution in [3.8, 4) is 0 Å². The molecule has 4 heteroatoms. The van der Waals surface area contributed by atoms with Crippen LogP contribution in [0.3, 0.4) is 0 Å². The van der Waals surface area contributed by atoms with Crippen molar-refractivity contribution in [3.63, 3.8) is 0 Å². The van der Waals surface area contributed by atoms with E-state index in [4.69, 9.17) is 0 Å². The smallest absolute Gasteiger partial charge is 0.154 e. The molecule has 0 spiro atoms. The zero-order valence-electron chi connectivity index (χ0n) is 14.5. The lowest BCUT2D eigenvalue weighted by Gasteiger charge is -2.06. The molecule has 22 heavy (non-hydrogen) atoms. The summed E-state index contributed by atoms with van der Waals surface area (Å²) in [6.45, 7) is 9.41. The van der Waals surface area contributed by atoms with E-state index in [1.54, 1.807) is 12.4 Å². The predicted molar refractivity (Wildman–Crippen MR) is 94.0 cm³/mol. The van der Waals surface area contributed by atoms with Gasteiger partial charge >= 0.3 is 0 Å². The van der Waals surface area contributed by atoms with Gasteiger partial charge in [0.25, 0.3) is 0 Å². The highest BCUT2D eigenvalue weighted by molar-refractivity contribution is 5.96. The number of hydrogen-bond donors (Lipinski definition) is 0. The van der Waals surface area contributed by atoms with Crippen LogP contribution in [0.2, 0.25) is 0 Å². The molecular weight excluding hydrogens is 274 g/mol. The number of rotatable bonds is 5. The van der Waals surface area contributed by atoms with Crippen LogP contribution in [0, 0.1) is 5.92 Å². The van der Waals surface area contributed by atoms with Crippen LogP contribution in [0.15, 0.2) is 41.7 Å². The topological polar surface area (TPSA) is 55.2 Å². The fraction of sp³-hybridized carbons (Fsp3) is 0.444. The molecule has 1 aromatic heterocycles. The maximum absolute atomic E-state index is 9.44. The van der Waals surface area contributed by atoms with E-state index in [0.29, 0.717) is 5.92 Å². The fourth-order valence-electron chi connectivity index (χ4n) is 1.54. The van der Waals surface area contributed by atoms with Crippen molar-refractivity contribution in [2.75, 3.05) is 7.05 Å². The molecule has 1 rings (SSSR count). The van der Waals surface area contributed by atoms with Crippen LogP contribution in [0.4, 0.5) is 0 Å². The summed E-state index contributed by atoms with van der Waals surface area (Å²) in [6, 6.07) is 1.82. The number of aromatic nitrogens is 2. The molecule has 0 aliphatic heterocycles. The normalized spacial score (nSPS) is 13.5. The summed E-state index contributed by atoms with van der Waals surface area (Å²) in [6.07, 6.45) is 10.7. The second kappa shape index (κ2) is 11.5. The van der Waals surface area contributed by atoms with Crippen molar-refractivity contribution < 1.29 is 4.79 Å². The lowest BCUT2D eigenvalue weighted by atomic mass is 10.0. The summed E-state index contributed by atoms with van der Waals surface area (Å²) in [4.78, 5) is 22.2. The Bertz CT molecular complexity index is 527. The largest absolute Gasteiger partial charge is 0.300 e. The van der Waals surface area contributed by atoms with Crippen LogP contribution in [0.1, 0.15) is 46.9 Å². The van der Waals surface area contributed by atoms with Crippen LogP contribution < -0.4 is 0 Å². The van der Waals surface area contributed by atoms with Gasteiger partial charge in [-0.05, 0) is 50.8 Å². The molecule has 1 atom stereocenters. The number of Topliss-reactive ketones (excluding diaryl/α,β-unsaturated/α-hetero) is 1. The minimum Gasteiger partial charge on any atom is -0.300 e. The summed E-state index contributed by atoms with van der Waals surface area (Å²) < 4.78 is 0. The Morgan fingerprint density at radius 1 is 1.27 bits per heavy atom. The molecule has 1 heterocycles.